The monoisotopic (exact) mass is 227 g/mol. The molecule has 1 atom stereocenters. The summed E-state index contributed by atoms with van der Waals surface area (Å²) in [7, 11) is 0. The largest absolute Gasteiger partial charge is 0.388 e. The highest BCUT2D eigenvalue weighted by atomic mass is 16.3. The Hall–Kier alpha value is -1.41. The van der Waals surface area contributed by atoms with Crippen LogP contribution in [-0.2, 0) is 0 Å². The van der Waals surface area contributed by atoms with E-state index in [9.17, 15) is 5.11 Å². The van der Waals surface area contributed by atoms with Gasteiger partial charge in [0.05, 0.1) is 6.10 Å². The van der Waals surface area contributed by atoms with Crippen molar-refractivity contribution in [3.05, 3.63) is 42.2 Å². The highest BCUT2D eigenvalue weighted by molar-refractivity contribution is 5.85. The van der Waals surface area contributed by atoms with Crippen molar-refractivity contribution in [2.24, 2.45) is 5.92 Å². The average molecular weight is 227 g/mol. The van der Waals surface area contributed by atoms with Crippen LogP contribution in [0.25, 0.3) is 10.8 Å². The van der Waals surface area contributed by atoms with Crippen LogP contribution in [0.5, 0.6) is 0 Å². The SMILES string of the molecule is OC(CC1CCC1)c1cccc2ccncc12. The molecule has 2 aromatic rings. The Morgan fingerprint density at radius 2 is 2.18 bits per heavy atom. The fourth-order valence-corrected chi connectivity index (χ4v) is 2.60. The molecule has 1 aliphatic carbocycles. The number of rotatable bonds is 3. The summed E-state index contributed by atoms with van der Waals surface area (Å²) in [6.07, 6.45) is 8.09. The van der Waals surface area contributed by atoms with Gasteiger partial charge in [0.15, 0.2) is 0 Å². The number of aliphatic hydroxyl groups excluding tert-OH is 1. The molecule has 0 amide bonds. The van der Waals surface area contributed by atoms with Gasteiger partial charge in [0, 0.05) is 17.8 Å². The Balaban J connectivity index is 1.92. The zero-order valence-electron chi connectivity index (χ0n) is 9.84. The molecule has 1 heterocycles. The maximum absolute atomic E-state index is 10.3. The molecule has 1 fully saturated rings. The smallest absolute Gasteiger partial charge is 0.0799 e. The van der Waals surface area contributed by atoms with Gasteiger partial charge >= 0.3 is 0 Å². The van der Waals surface area contributed by atoms with Crippen molar-refractivity contribution in [3.8, 4) is 0 Å². The summed E-state index contributed by atoms with van der Waals surface area (Å²) >= 11 is 0. The number of hydrogen-bond acceptors (Lipinski definition) is 2. The molecule has 1 N–H and O–H groups in total. The minimum absolute atomic E-state index is 0.340. The van der Waals surface area contributed by atoms with Crippen LogP contribution >= 0.6 is 0 Å². The maximum atomic E-state index is 10.3. The lowest BCUT2D eigenvalue weighted by Crippen LogP contribution is -2.15. The average Bonchev–Trinajstić information content (AvgIpc) is 2.33. The third-order valence-electron chi connectivity index (χ3n) is 3.86. The van der Waals surface area contributed by atoms with Crippen LogP contribution in [0, 0.1) is 5.92 Å². The van der Waals surface area contributed by atoms with Gasteiger partial charge in [0.25, 0.3) is 0 Å². The van der Waals surface area contributed by atoms with Gasteiger partial charge in [-0.3, -0.25) is 4.98 Å². The first-order valence-electron chi connectivity index (χ1n) is 6.35. The Bertz CT molecular complexity index is 514. The number of hydrogen-bond donors (Lipinski definition) is 1. The summed E-state index contributed by atoms with van der Waals surface area (Å²) in [6, 6.07) is 8.10. The lowest BCUT2D eigenvalue weighted by atomic mass is 9.80. The maximum Gasteiger partial charge on any atom is 0.0799 e. The van der Waals surface area contributed by atoms with Gasteiger partial charge in [0.2, 0.25) is 0 Å². The fraction of sp³-hybridized carbons (Fsp3) is 0.400. The number of aromatic nitrogens is 1. The highest BCUT2D eigenvalue weighted by Gasteiger charge is 2.22. The quantitative estimate of drug-likeness (QED) is 0.871. The number of fused-ring (bicyclic) bond motifs is 1. The number of benzene rings is 1. The van der Waals surface area contributed by atoms with Gasteiger partial charge in [-0.05, 0) is 29.4 Å². The normalized spacial score (nSPS) is 17.9. The van der Waals surface area contributed by atoms with E-state index in [1.165, 1.54) is 19.3 Å². The number of pyridine rings is 1. The molecule has 1 aromatic carbocycles. The third kappa shape index (κ3) is 2.05. The molecule has 0 spiro atoms. The van der Waals surface area contributed by atoms with Crippen LogP contribution in [0.3, 0.4) is 0 Å². The molecule has 88 valence electrons. The van der Waals surface area contributed by atoms with Crippen molar-refractivity contribution in [2.45, 2.75) is 31.8 Å². The van der Waals surface area contributed by atoms with Crippen molar-refractivity contribution in [3.63, 3.8) is 0 Å². The van der Waals surface area contributed by atoms with Crippen molar-refractivity contribution in [2.75, 3.05) is 0 Å². The van der Waals surface area contributed by atoms with Crippen LogP contribution in [0.4, 0.5) is 0 Å². The van der Waals surface area contributed by atoms with E-state index in [1.54, 1.807) is 6.20 Å². The molecule has 2 nitrogen and oxygen atoms in total. The van der Waals surface area contributed by atoms with Crippen LogP contribution in [0.15, 0.2) is 36.7 Å². The molecule has 0 radical (unpaired) electrons. The molecule has 0 bridgehead atoms. The Labute approximate surface area is 101 Å². The van der Waals surface area contributed by atoms with E-state index >= 15 is 0 Å². The van der Waals surface area contributed by atoms with E-state index in [4.69, 9.17) is 0 Å². The van der Waals surface area contributed by atoms with Gasteiger partial charge in [-0.25, -0.2) is 0 Å². The molecule has 1 unspecified atom stereocenters. The second-order valence-corrected chi connectivity index (χ2v) is 4.99. The van der Waals surface area contributed by atoms with Crippen LogP contribution in [-0.4, -0.2) is 10.1 Å². The molecule has 17 heavy (non-hydrogen) atoms. The van der Waals surface area contributed by atoms with E-state index in [0.29, 0.717) is 0 Å². The molecule has 2 heteroatoms. The molecule has 1 saturated carbocycles. The lowest BCUT2D eigenvalue weighted by Gasteiger charge is -2.28. The predicted molar refractivity (Wildman–Crippen MR) is 68.7 cm³/mol. The number of nitrogens with zero attached hydrogens (tertiary/aromatic N) is 1. The van der Waals surface area contributed by atoms with Crippen LogP contribution in [0.1, 0.15) is 37.4 Å². The molecule has 3 rings (SSSR count). The van der Waals surface area contributed by atoms with Gasteiger partial charge in [0.1, 0.15) is 0 Å². The van der Waals surface area contributed by atoms with Crippen molar-refractivity contribution in [1.29, 1.82) is 0 Å². The van der Waals surface area contributed by atoms with Gasteiger partial charge < -0.3 is 5.11 Å². The Morgan fingerprint density at radius 1 is 1.29 bits per heavy atom. The van der Waals surface area contributed by atoms with Crippen LogP contribution in [0.2, 0.25) is 0 Å². The first-order valence-corrected chi connectivity index (χ1v) is 6.35. The minimum atomic E-state index is -0.340. The van der Waals surface area contributed by atoms with Crippen molar-refractivity contribution >= 4 is 10.8 Å². The van der Waals surface area contributed by atoms with Gasteiger partial charge in [-0.15, -0.1) is 0 Å². The topological polar surface area (TPSA) is 33.1 Å². The zero-order chi connectivity index (χ0) is 11.7. The molecule has 1 aliphatic rings. The first kappa shape index (κ1) is 10.7. The zero-order valence-corrected chi connectivity index (χ0v) is 9.84. The summed E-state index contributed by atoms with van der Waals surface area (Å²) in [4.78, 5) is 4.16. The summed E-state index contributed by atoms with van der Waals surface area (Å²) in [5.41, 5.74) is 1.03. The van der Waals surface area contributed by atoms with E-state index in [2.05, 4.69) is 11.1 Å². The molecular weight excluding hydrogens is 210 g/mol. The number of aliphatic hydroxyl groups is 1. The predicted octanol–water partition coefficient (Wildman–Crippen LogP) is 3.46. The van der Waals surface area contributed by atoms with E-state index in [0.717, 1.165) is 28.7 Å². The highest BCUT2D eigenvalue weighted by Crippen LogP contribution is 2.36. The molecule has 1 aromatic heterocycles. The Morgan fingerprint density at radius 3 is 2.94 bits per heavy atom. The fourth-order valence-electron chi connectivity index (χ4n) is 2.60. The summed E-state index contributed by atoms with van der Waals surface area (Å²) in [5, 5.41) is 12.6. The van der Waals surface area contributed by atoms with E-state index in [1.807, 2.05) is 24.4 Å². The standard InChI is InChI=1S/C15H17NO/c17-15(9-11-3-1-4-11)13-6-2-5-12-7-8-16-10-14(12)13/h2,5-8,10-11,15,17H,1,3-4,9H2. The third-order valence-corrected chi connectivity index (χ3v) is 3.86. The van der Waals surface area contributed by atoms with Crippen molar-refractivity contribution < 1.29 is 5.11 Å². The van der Waals surface area contributed by atoms with E-state index < -0.39 is 0 Å². The summed E-state index contributed by atoms with van der Waals surface area (Å²) in [5.74, 6) is 0.719. The second-order valence-electron chi connectivity index (χ2n) is 4.99. The summed E-state index contributed by atoms with van der Waals surface area (Å²) in [6.45, 7) is 0. The van der Waals surface area contributed by atoms with Gasteiger partial charge in [-0.1, -0.05) is 37.5 Å². The van der Waals surface area contributed by atoms with E-state index in [-0.39, 0.29) is 6.10 Å². The Kier molecular flexibility index (Phi) is 2.81. The van der Waals surface area contributed by atoms with Gasteiger partial charge in [-0.2, -0.15) is 0 Å². The summed E-state index contributed by atoms with van der Waals surface area (Å²) < 4.78 is 0. The lowest BCUT2D eigenvalue weighted by molar-refractivity contribution is 0.119. The minimum Gasteiger partial charge on any atom is -0.388 e. The molecule has 0 saturated heterocycles. The molecule has 0 aliphatic heterocycles. The van der Waals surface area contributed by atoms with Crippen molar-refractivity contribution in [1.82, 2.24) is 4.98 Å². The second kappa shape index (κ2) is 4.46. The van der Waals surface area contributed by atoms with Crippen LogP contribution < -0.4 is 0 Å². The first-order chi connectivity index (χ1) is 8.34. The molecular formula is C15H17NO.